The number of benzene rings is 2. The summed E-state index contributed by atoms with van der Waals surface area (Å²) in [7, 11) is 0. The number of thiophene rings is 1. The molecule has 1 saturated heterocycles. The monoisotopic (exact) mass is 610 g/mol. The number of amides is 2. The Kier molecular flexibility index (Phi) is 13.4. The molecular formula is C30H38N6O6S. The van der Waals surface area contributed by atoms with Crippen molar-refractivity contribution in [1.82, 2.24) is 10.6 Å². The lowest BCUT2D eigenvalue weighted by Gasteiger charge is -2.18. The Morgan fingerprint density at radius 3 is 2.56 bits per heavy atom. The van der Waals surface area contributed by atoms with E-state index in [9.17, 15) is 9.59 Å². The van der Waals surface area contributed by atoms with Gasteiger partial charge in [0, 0.05) is 39.8 Å². The first-order valence-corrected chi connectivity index (χ1v) is 15.3. The van der Waals surface area contributed by atoms with Crippen LogP contribution in [0.2, 0.25) is 0 Å². The van der Waals surface area contributed by atoms with Gasteiger partial charge >= 0.3 is 0 Å². The number of carbonyl (C=O) groups is 2. The van der Waals surface area contributed by atoms with Crippen molar-refractivity contribution >= 4 is 38.9 Å². The Bertz CT molecular complexity index is 1350. The molecule has 0 aliphatic carbocycles. The van der Waals surface area contributed by atoms with Gasteiger partial charge in [-0.1, -0.05) is 23.3 Å². The number of hydrogen-bond donors (Lipinski definition) is 3. The van der Waals surface area contributed by atoms with Crippen molar-refractivity contribution in [2.45, 2.75) is 31.8 Å². The van der Waals surface area contributed by atoms with Crippen LogP contribution in [0.25, 0.3) is 20.5 Å². The largest absolute Gasteiger partial charge is 0.491 e. The van der Waals surface area contributed by atoms with E-state index in [4.69, 9.17) is 24.5 Å². The molecule has 2 heterocycles. The SMILES string of the molecule is [N-]=[N+]=NCCOCCOCCOCCOc1ccc(NCc2cc3ccccc3s2)c(C(=O)NC2CCCCNC2=O)c1. The number of anilines is 1. The molecule has 13 heteroatoms. The average Bonchev–Trinajstić information content (AvgIpc) is 3.34. The summed E-state index contributed by atoms with van der Waals surface area (Å²) in [5.41, 5.74) is 9.28. The molecule has 12 nitrogen and oxygen atoms in total. The van der Waals surface area contributed by atoms with Gasteiger partial charge in [0.2, 0.25) is 5.91 Å². The van der Waals surface area contributed by atoms with Crippen molar-refractivity contribution in [1.29, 1.82) is 0 Å². The molecule has 3 aromatic rings. The number of rotatable bonds is 18. The third kappa shape index (κ3) is 10.7. The van der Waals surface area contributed by atoms with Gasteiger partial charge in [0.25, 0.3) is 5.91 Å². The van der Waals surface area contributed by atoms with Crippen LogP contribution < -0.4 is 20.7 Å². The number of carbonyl (C=O) groups excluding carboxylic acids is 2. The zero-order valence-corrected chi connectivity index (χ0v) is 24.9. The number of nitrogens with zero attached hydrogens (tertiary/aromatic N) is 3. The first-order valence-electron chi connectivity index (χ1n) is 14.4. The van der Waals surface area contributed by atoms with E-state index >= 15 is 0 Å². The van der Waals surface area contributed by atoms with E-state index in [0.717, 1.165) is 17.7 Å². The molecule has 1 aromatic heterocycles. The second-order valence-electron chi connectivity index (χ2n) is 9.76. The van der Waals surface area contributed by atoms with Gasteiger partial charge in [-0.2, -0.15) is 0 Å². The highest BCUT2D eigenvalue weighted by Crippen LogP contribution is 2.28. The molecule has 2 amide bonds. The summed E-state index contributed by atoms with van der Waals surface area (Å²) in [6.07, 6.45) is 2.36. The molecule has 0 bridgehead atoms. The maximum absolute atomic E-state index is 13.4. The molecule has 4 rings (SSSR count). The molecule has 1 aliphatic heterocycles. The minimum absolute atomic E-state index is 0.156. The number of azide groups is 1. The minimum atomic E-state index is -0.574. The van der Waals surface area contributed by atoms with E-state index in [0.29, 0.717) is 89.3 Å². The van der Waals surface area contributed by atoms with Gasteiger partial charge in [-0.15, -0.1) is 11.3 Å². The molecule has 43 heavy (non-hydrogen) atoms. The fourth-order valence-corrected chi connectivity index (χ4v) is 5.49. The smallest absolute Gasteiger partial charge is 0.254 e. The maximum Gasteiger partial charge on any atom is 0.254 e. The molecule has 1 fully saturated rings. The number of ether oxygens (including phenoxy) is 4. The Morgan fingerprint density at radius 1 is 1.00 bits per heavy atom. The first kappa shape index (κ1) is 32.1. The van der Waals surface area contributed by atoms with E-state index in [2.05, 4.69) is 44.2 Å². The normalized spacial score (nSPS) is 14.9. The Hall–Kier alpha value is -3.87. The van der Waals surface area contributed by atoms with E-state index in [1.165, 1.54) is 10.1 Å². The highest BCUT2D eigenvalue weighted by molar-refractivity contribution is 7.19. The first-order chi connectivity index (χ1) is 21.1. The van der Waals surface area contributed by atoms with Crippen LogP contribution in [0.15, 0.2) is 53.6 Å². The standard InChI is InChI=1S/C30H38N6O6S/c31-36-34-11-12-39-13-14-40-15-16-41-17-18-42-23-8-9-26(33-21-24-19-22-5-1-2-7-28(22)43-24)25(20-23)29(37)35-27-6-3-4-10-32-30(27)38/h1-2,5,7-9,19-20,27,33H,3-4,6,10-18,21H2,(H,32,38)(H,35,37). The fraction of sp³-hybridized carbons (Fsp3) is 0.467. The van der Waals surface area contributed by atoms with Crippen molar-refractivity contribution in [3.05, 3.63) is 69.4 Å². The van der Waals surface area contributed by atoms with Crippen LogP contribution in [-0.4, -0.2) is 77.2 Å². The van der Waals surface area contributed by atoms with Crippen molar-refractivity contribution in [2.75, 3.05) is 64.7 Å². The quantitative estimate of drug-likeness (QED) is 0.0819. The number of fused-ring (bicyclic) bond motifs is 1. The lowest BCUT2D eigenvalue weighted by Crippen LogP contribution is -2.45. The maximum atomic E-state index is 13.4. The van der Waals surface area contributed by atoms with Crippen LogP contribution in [-0.2, 0) is 25.5 Å². The summed E-state index contributed by atoms with van der Waals surface area (Å²) in [6, 6.07) is 15.1. The van der Waals surface area contributed by atoms with Gasteiger partial charge < -0.3 is 34.9 Å². The second-order valence-corrected chi connectivity index (χ2v) is 10.9. The van der Waals surface area contributed by atoms with Crippen LogP contribution in [0.4, 0.5) is 5.69 Å². The molecule has 0 saturated carbocycles. The fourth-order valence-electron chi connectivity index (χ4n) is 4.48. The van der Waals surface area contributed by atoms with Crippen LogP contribution in [0.1, 0.15) is 34.5 Å². The Labute approximate surface area is 254 Å². The van der Waals surface area contributed by atoms with E-state index in [1.54, 1.807) is 17.4 Å². The predicted octanol–water partition coefficient (Wildman–Crippen LogP) is 4.65. The van der Waals surface area contributed by atoms with Crippen LogP contribution >= 0.6 is 11.3 Å². The zero-order chi connectivity index (χ0) is 30.1. The van der Waals surface area contributed by atoms with Crippen LogP contribution in [0, 0.1) is 0 Å². The molecule has 3 N–H and O–H groups in total. The molecule has 0 radical (unpaired) electrons. The van der Waals surface area contributed by atoms with Gasteiger partial charge in [0.05, 0.1) is 45.2 Å². The van der Waals surface area contributed by atoms with Gasteiger partial charge in [0.15, 0.2) is 0 Å². The van der Waals surface area contributed by atoms with E-state index in [-0.39, 0.29) is 11.8 Å². The molecule has 2 aromatic carbocycles. The van der Waals surface area contributed by atoms with Crippen molar-refractivity contribution in [3.63, 3.8) is 0 Å². The number of nitrogens with one attached hydrogen (secondary N) is 3. The summed E-state index contributed by atoms with van der Waals surface area (Å²) in [6.45, 7) is 4.15. The summed E-state index contributed by atoms with van der Waals surface area (Å²) >= 11 is 1.71. The average molecular weight is 611 g/mol. The molecule has 0 spiro atoms. The molecular weight excluding hydrogens is 572 g/mol. The van der Waals surface area contributed by atoms with E-state index in [1.807, 2.05) is 24.3 Å². The lowest BCUT2D eigenvalue weighted by molar-refractivity contribution is -0.122. The summed E-state index contributed by atoms with van der Waals surface area (Å²) < 4.78 is 23.4. The Morgan fingerprint density at radius 2 is 1.77 bits per heavy atom. The minimum Gasteiger partial charge on any atom is -0.491 e. The summed E-state index contributed by atoms with van der Waals surface area (Å²) in [5, 5.41) is 13.8. The van der Waals surface area contributed by atoms with Crippen LogP contribution in [0.3, 0.4) is 0 Å². The van der Waals surface area contributed by atoms with Crippen molar-refractivity contribution in [3.8, 4) is 5.75 Å². The summed E-state index contributed by atoms with van der Waals surface area (Å²) in [5.74, 6) is 0.0409. The molecule has 1 aliphatic rings. The van der Waals surface area contributed by atoms with E-state index < -0.39 is 6.04 Å². The van der Waals surface area contributed by atoms with Gasteiger partial charge in [-0.3, -0.25) is 9.59 Å². The highest BCUT2D eigenvalue weighted by Gasteiger charge is 2.24. The summed E-state index contributed by atoms with van der Waals surface area (Å²) in [4.78, 5) is 29.7. The third-order valence-corrected chi connectivity index (χ3v) is 7.76. The Balaban J connectivity index is 1.28. The van der Waals surface area contributed by atoms with Gasteiger partial charge in [-0.05, 0) is 60.5 Å². The van der Waals surface area contributed by atoms with Crippen molar-refractivity contribution in [2.24, 2.45) is 5.11 Å². The molecule has 1 atom stereocenters. The zero-order valence-electron chi connectivity index (χ0n) is 24.1. The second kappa shape index (κ2) is 17.9. The number of hydrogen-bond acceptors (Lipinski definition) is 9. The van der Waals surface area contributed by atoms with Gasteiger partial charge in [-0.25, -0.2) is 0 Å². The topological polar surface area (TPSA) is 156 Å². The molecule has 1 unspecified atom stereocenters. The third-order valence-electron chi connectivity index (χ3n) is 6.65. The lowest BCUT2D eigenvalue weighted by atomic mass is 10.1. The highest BCUT2D eigenvalue weighted by atomic mass is 32.1. The molecule has 230 valence electrons. The van der Waals surface area contributed by atoms with Crippen molar-refractivity contribution < 1.29 is 28.5 Å². The van der Waals surface area contributed by atoms with Gasteiger partial charge in [0.1, 0.15) is 18.4 Å². The predicted molar refractivity (Wildman–Crippen MR) is 166 cm³/mol. The van der Waals surface area contributed by atoms with Crippen LogP contribution in [0.5, 0.6) is 5.75 Å².